The molecule has 29 heavy (non-hydrogen) atoms. The molecule has 0 heterocycles. The molecule has 160 valence electrons. The normalized spacial score (nSPS) is 13.0. The van der Waals surface area contributed by atoms with Gasteiger partial charge in [-0.3, -0.25) is 9.48 Å². The lowest BCUT2D eigenvalue weighted by molar-refractivity contribution is 0.483. The van der Waals surface area contributed by atoms with Crippen molar-refractivity contribution < 1.29 is 0 Å². The first-order valence-corrected chi connectivity index (χ1v) is 10.4. The minimum atomic E-state index is 0.192. The quantitative estimate of drug-likeness (QED) is 0.383. The molecule has 2 aromatic rings. The summed E-state index contributed by atoms with van der Waals surface area (Å²) in [4.78, 5) is 4.21. The Kier molecular flexibility index (Phi) is 8.23. The molecule has 0 aliphatic rings. The molecule has 0 atom stereocenters. The maximum absolute atomic E-state index is 5.51. The first-order valence-electron chi connectivity index (χ1n) is 10.4. The van der Waals surface area contributed by atoms with E-state index in [-0.39, 0.29) is 10.8 Å². The number of nitrogens with zero attached hydrogens (tertiary/aromatic N) is 2. The molecule has 0 aliphatic heterocycles. The van der Waals surface area contributed by atoms with Gasteiger partial charge in [0, 0.05) is 6.07 Å². The third-order valence-electron chi connectivity index (χ3n) is 4.79. The maximum Gasteiger partial charge on any atom is 0.132 e. The minimum Gasteiger partial charge on any atom is -0.388 e. The smallest absolute Gasteiger partial charge is 0.132 e. The number of nitrogens with two attached hydrogens (primary N) is 1. The molecule has 0 aromatic heterocycles. The van der Waals surface area contributed by atoms with E-state index in [2.05, 4.69) is 116 Å². The highest BCUT2D eigenvalue weighted by Crippen LogP contribution is 2.27. The molecule has 0 saturated carbocycles. The summed E-state index contributed by atoms with van der Waals surface area (Å²) in [6, 6.07) is 17.4. The van der Waals surface area contributed by atoms with Crippen molar-refractivity contribution in [2.24, 2.45) is 10.7 Å². The largest absolute Gasteiger partial charge is 0.388 e. The van der Waals surface area contributed by atoms with Gasteiger partial charge in [-0.2, -0.15) is 0 Å². The topological polar surface area (TPSA) is 38.4 Å². The van der Waals surface area contributed by atoms with E-state index >= 15 is 0 Å². The third kappa shape index (κ3) is 8.82. The van der Waals surface area contributed by atoms with Gasteiger partial charge in [-0.15, -0.1) is 0 Å². The molecule has 3 heteroatoms. The van der Waals surface area contributed by atoms with Crippen LogP contribution in [-0.4, -0.2) is 27.0 Å². The van der Waals surface area contributed by atoms with Crippen LogP contribution >= 0.6 is 0 Å². The SMILES string of the molecule is CC(C)(C)c1cccc([N+](C)(C)C)c1.CC(N)=NCc1cccc(C(C)(C)C)c1. The molecule has 0 unspecified atom stereocenters. The average Bonchev–Trinajstić information content (AvgIpc) is 2.59. The summed E-state index contributed by atoms with van der Waals surface area (Å²) in [6.45, 7) is 15.9. The van der Waals surface area contributed by atoms with Gasteiger partial charge in [0.25, 0.3) is 0 Å². The van der Waals surface area contributed by atoms with Gasteiger partial charge in [0.2, 0.25) is 0 Å². The van der Waals surface area contributed by atoms with Crippen LogP contribution in [0, 0.1) is 0 Å². The fourth-order valence-electron chi connectivity index (χ4n) is 2.74. The Morgan fingerprint density at radius 2 is 1.31 bits per heavy atom. The fourth-order valence-corrected chi connectivity index (χ4v) is 2.74. The summed E-state index contributed by atoms with van der Waals surface area (Å²) in [7, 11) is 6.59. The predicted molar refractivity (Wildman–Crippen MR) is 131 cm³/mol. The monoisotopic (exact) mass is 396 g/mol. The highest BCUT2D eigenvalue weighted by atomic mass is 15.3. The van der Waals surface area contributed by atoms with Crippen LogP contribution < -0.4 is 10.2 Å². The molecule has 0 saturated heterocycles. The average molecular weight is 397 g/mol. The second-order valence-electron chi connectivity index (χ2n) is 10.7. The highest BCUT2D eigenvalue weighted by molar-refractivity contribution is 5.77. The number of benzene rings is 2. The van der Waals surface area contributed by atoms with Crippen molar-refractivity contribution in [1.82, 2.24) is 4.48 Å². The van der Waals surface area contributed by atoms with Crippen molar-refractivity contribution >= 4 is 11.5 Å². The molecule has 2 rings (SSSR count). The zero-order valence-corrected chi connectivity index (χ0v) is 20.3. The molecule has 0 radical (unpaired) electrons. The summed E-state index contributed by atoms with van der Waals surface area (Å²) in [5.74, 6) is 0.635. The predicted octanol–water partition coefficient (Wildman–Crippen LogP) is 6.04. The number of amidine groups is 1. The van der Waals surface area contributed by atoms with Gasteiger partial charge in [-0.05, 0) is 40.5 Å². The Labute approximate surface area is 179 Å². The summed E-state index contributed by atoms with van der Waals surface area (Å²) in [5.41, 5.74) is 11.3. The molecule has 2 aromatic carbocycles. The van der Waals surface area contributed by atoms with Crippen molar-refractivity contribution in [3.8, 4) is 0 Å². The van der Waals surface area contributed by atoms with E-state index in [4.69, 9.17) is 5.73 Å². The van der Waals surface area contributed by atoms with Crippen molar-refractivity contribution in [3.63, 3.8) is 0 Å². The lowest BCUT2D eigenvalue weighted by Gasteiger charge is -2.26. The Morgan fingerprint density at radius 3 is 1.76 bits per heavy atom. The maximum atomic E-state index is 5.51. The van der Waals surface area contributed by atoms with Crippen LogP contribution in [0.2, 0.25) is 0 Å². The van der Waals surface area contributed by atoms with Crippen molar-refractivity contribution in [3.05, 3.63) is 65.2 Å². The van der Waals surface area contributed by atoms with E-state index in [0.29, 0.717) is 12.4 Å². The summed E-state index contributed by atoms with van der Waals surface area (Å²) in [6.07, 6.45) is 0. The van der Waals surface area contributed by atoms with Gasteiger partial charge in [0.15, 0.2) is 0 Å². The first-order chi connectivity index (χ1) is 13.1. The first kappa shape index (κ1) is 24.9. The molecule has 0 spiro atoms. The second-order valence-corrected chi connectivity index (χ2v) is 10.7. The fraction of sp³-hybridized carbons (Fsp3) is 0.500. The van der Waals surface area contributed by atoms with Gasteiger partial charge in [-0.1, -0.05) is 77.9 Å². The van der Waals surface area contributed by atoms with E-state index in [1.807, 2.05) is 6.92 Å². The van der Waals surface area contributed by atoms with E-state index < -0.39 is 0 Å². The van der Waals surface area contributed by atoms with Crippen LogP contribution in [0.15, 0.2) is 53.5 Å². The van der Waals surface area contributed by atoms with Crippen LogP contribution in [-0.2, 0) is 17.4 Å². The van der Waals surface area contributed by atoms with Crippen LogP contribution in [0.5, 0.6) is 0 Å². The Morgan fingerprint density at radius 1 is 0.828 bits per heavy atom. The number of rotatable bonds is 3. The van der Waals surface area contributed by atoms with Crippen molar-refractivity contribution in [2.45, 2.75) is 65.8 Å². The molecule has 3 nitrogen and oxygen atoms in total. The molecule has 0 bridgehead atoms. The molecule has 0 fully saturated rings. The zero-order valence-electron chi connectivity index (χ0n) is 20.3. The Balaban J connectivity index is 0.000000291. The molecule has 0 amide bonds. The van der Waals surface area contributed by atoms with Crippen LogP contribution in [0.3, 0.4) is 0 Å². The lowest BCUT2D eigenvalue weighted by Crippen LogP contribution is -2.35. The number of hydrogen-bond donors (Lipinski definition) is 1. The van der Waals surface area contributed by atoms with Crippen LogP contribution in [0.25, 0.3) is 0 Å². The third-order valence-corrected chi connectivity index (χ3v) is 4.79. The van der Waals surface area contributed by atoms with Gasteiger partial charge in [0.1, 0.15) is 5.69 Å². The van der Waals surface area contributed by atoms with Crippen LogP contribution in [0.1, 0.15) is 65.2 Å². The standard InChI is InChI=1S/C13H20N2.C13H22N/c1-10(14)15-9-11-6-5-7-12(8-11)13(2,3)4;1-13(2,3)11-8-7-9-12(10-11)14(4,5)6/h5-8H,9H2,1-4H3,(H2,14,15);7-10H,1-6H3/q;+1. The Hall–Kier alpha value is -2.13. The number of hydrogen-bond acceptors (Lipinski definition) is 1. The van der Waals surface area contributed by atoms with Crippen molar-refractivity contribution in [2.75, 3.05) is 21.1 Å². The van der Waals surface area contributed by atoms with E-state index in [1.54, 1.807) is 0 Å². The molecule has 0 aliphatic carbocycles. The minimum absolute atomic E-state index is 0.192. The Bertz CT molecular complexity index is 780. The molecular formula is C26H42N3+. The summed E-state index contributed by atoms with van der Waals surface area (Å²) in [5, 5.41) is 0. The summed E-state index contributed by atoms with van der Waals surface area (Å²) >= 11 is 0. The number of quaternary nitrogens is 1. The van der Waals surface area contributed by atoms with Crippen LogP contribution in [0.4, 0.5) is 5.69 Å². The zero-order chi connectivity index (χ0) is 22.5. The van der Waals surface area contributed by atoms with Gasteiger partial charge in [0.05, 0.1) is 33.5 Å². The molecular weight excluding hydrogens is 354 g/mol. The van der Waals surface area contributed by atoms with Gasteiger partial charge in [-0.25, -0.2) is 0 Å². The highest BCUT2D eigenvalue weighted by Gasteiger charge is 2.18. The number of aliphatic imine (C=N–C) groups is 1. The second kappa shape index (κ2) is 9.58. The van der Waals surface area contributed by atoms with Gasteiger partial charge < -0.3 is 5.73 Å². The molecule has 2 N–H and O–H groups in total. The van der Waals surface area contributed by atoms with E-state index in [1.165, 1.54) is 22.4 Å². The van der Waals surface area contributed by atoms with Crippen molar-refractivity contribution in [1.29, 1.82) is 0 Å². The van der Waals surface area contributed by atoms with Gasteiger partial charge >= 0.3 is 0 Å². The van der Waals surface area contributed by atoms with E-state index in [9.17, 15) is 0 Å². The summed E-state index contributed by atoms with van der Waals surface area (Å²) < 4.78 is 0.879. The lowest BCUT2D eigenvalue weighted by atomic mass is 9.86. The van der Waals surface area contributed by atoms with E-state index in [0.717, 1.165) is 4.48 Å².